The van der Waals surface area contributed by atoms with E-state index in [1.54, 1.807) is 0 Å². The zero-order valence-electron chi connectivity index (χ0n) is 12.3. The minimum Gasteiger partial charge on any atom is -0.479 e. The number of carboxylic acids is 1. The van der Waals surface area contributed by atoms with Crippen LogP contribution in [0.25, 0.3) is 0 Å². The molecule has 0 spiro atoms. The summed E-state index contributed by atoms with van der Waals surface area (Å²) < 4.78 is 15.1. The third-order valence-electron chi connectivity index (χ3n) is 4.03. The van der Waals surface area contributed by atoms with Crippen LogP contribution in [0, 0.1) is 0 Å². The van der Waals surface area contributed by atoms with Crippen LogP contribution in [0.5, 0.6) is 0 Å². The number of carboxylic acid groups (broad SMARTS) is 1. The van der Waals surface area contributed by atoms with E-state index in [1.807, 2.05) is 0 Å². The zero-order valence-corrected chi connectivity index (χ0v) is 12.3. The second-order valence-electron chi connectivity index (χ2n) is 5.65. The number of hydrogen-bond acceptors (Lipinski definition) is 11. The Morgan fingerprint density at radius 2 is 1.62 bits per heavy atom. The molecule has 12 nitrogen and oxygen atoms in total. The molecule has 0 aromatic carbocycles. The predicted molar refractivity (Wildman–Crippen MR) is 71.1 cm³/mol. The van der Waals surface area contributed by atoms with E-state index in [2.05, 4.69) is 0 Å². The van der Waals surface area contributed by atoms with Crippen LogP contribution in [0.1, 0.15) is 0 Å². The normalized spacial score (nSPS) is 49.8. The van der Waals surface area contributed by atoms with Gasteiger partial charge in [-0.1, -0.05) is 0 Å². The molecule has 2 saturated heterocycles. The highest BCUT2D eigenvalue weighted by Crippen LogP contribution is 2.28. The van der Waals surface area contributed by atoms with E-state index in [0.717, 1.165) is 0 Å². The Bertz CT molecular complexity index is 449. The number of aliphatic carboxylic acids is 1. The molecule has 140 valence electrons. The molecular weight excluding hydrogens is 334 g/mol. The summed E-state index contributed by atoms with van der Waals surface area (Å²) in [5.74, 6) is -1.60. The van der Waals surface area contributed by atoms with Gasteiger partial charge in [-0.2, -0.15) is 0 Å². The van der Waals surface area contributed by atoms with Crippen LogP contribution in [-0.4, -0.2) is 110 Å². The van der Waals surface area contributed by atoms with Crippen molar-refractivity contribution in [1.82, 2.24) is 0 Å². The minimum absolute atomic E-state index is 0.693. The third-order valence-corrected chi connectivity index (χ3v) is 4.03. The van der Waals surface area contributed by atoms with Crippen LogP contribution < -0.4 is 5.73 Å². The summed E-state index contributed by atoms with van der Waals surface area (Å²) in [6.45, 7) is -0.693. The van der Waals surface area contributed by atoms with Crippen LogP contribution >= 0.6 is 0 Å². The molecule has 2 aliphatic heterocycles. The lowest BCUT2D eigenvalue weighted by Crippen LogP contribution is -2.66. The van der Waals surface area contributed by atoms with Gasteiger partial charge in [-0.15, -0.1) is 0 Å². The molecule has 0 aliphatic carbocycles. The summed E-state index contributed by atoms with van der Waals surface area (Å²) in [5.41, 5.74) is 5.52. The summed E-state index contributed by atoms with van der Waals surface area (Å²) in [4.78, 5) is 11.0. The molecule has 9 N–H and O–H groups in total. The van der Waals surface area contributed by atoms with Crippen molar-refractivity contribution in [3.63, 3.8) is 0 Å². The predicted octanol–water partition coefficient (Wildman–Crippen LogP) is -5.34. The maximum atomic E-state index is 11.0. The van der Waals surface area contributed by atoms with E-state index in [0.29, 0.717) is 0 Å². The second kappa shape index (κ2) is 7.53. The van der Waals surface area contributed by atoms with Gasteiger partial charge >= 0.3 is 5.97 Å². The van der Waals surface area contributed by atoms with E-state index in [1.165, 1.54) is 0 Å². The van der Waals surface area contributed by atoms with Crippen molar-refractivity contribution in [3.05, 3.63) is 0 Å². The maximum Gasteiger partial charge on any atom is 0.335 e. The SMILES string of the molecule is NC1C(O)[C@H](O[C@@H]2OC(C(=O)O)[C@H](O)C(O)[C@H]2O)C(CO)O[C@@H]1O. The van der Waals surface area contributed by atoms with Crippen LogP contribution in [-0.2, 0) is 19.0 Å². The van der Waals surface area contributed by atoms with Crippen molar-refractivity contribution < 1.29 is 54.8 Å². The molecule has 2 fully saturated rings. The van der Waals surface area contributed by atoms with Crippen molar-refractivity contribution in [2.75, 3.05) is 6.61 Å². The number of aliphatic hydroxyl groups excluding tert-OH is 6. The molecule has 5 unspecified atom stereocenters. The second-order valence-corrected chi connectivity index (χ2v) is 5.65. The van der Waals surface area contributed by atoms with Crippen LogP contribution in [0.2, 0.25) is 0 Å². The number of hydrogen-bond donors (Lipinski definition) is 8. The Kier molecular flexibility index (Phi) is 6.09. The molecule has 0 aromatic rings. The van der Waals surface area contributed by atoms with Gasteiger partial charge < -0.3 is 55.7 Å². The van der Waals surface area contributed by atoms with Gasteiger partial charge in [0, 0.05) is 0 Å². The van der Waals surface area contributed by atoms with E-state index < -0.39 is 73.9 Å². The number of nitrogens with two attached hydrogens (primary N) is 1. The summed E-state index contributed by atoms with van der Waals surface area (Å²) in [7, 11) is 0. The Hall–Kier alpha value is -0.930. The van der Waals surface area contributed by atoms with Gasteiger partial charge in [-0.3, -0.25) is 0 Å². The van der Waals surface area contributed by atoms with Crippen LogP contribution in [0.4, 0.5) is 0 Å². The number of rotatable bonds is 4. The van der Waals surface area contributed by atoms with Crippen molar-refractivity contribution in [3.8, 4) is 0 Å². The van der Waals surface area contributed by atoms with Gasteiger partial charge in [-0.25, -0.2) is 4.79 Å². The largest absolute Gasteiger partial charge is 0.479 e. The van der Waals surface area contributed by atoms with Gasteiger partial charge in [0.15, 0.2) is 18.7 Å². The zero-order chi connectivity index (χ0) is 18.2. The Labute approximate surface area is 135 Å². The monoisotopic (exact) mass is 355 g/mol. The molecule has 0 bridgehead atoms. The van der Waals surface area contributed by atoms with Crippen molar-refractivity contribution in [2.45, 2.75) is 61.3 Å². The van der Waals surface area contributed by atoms with Crippen molar-refractivity contribution in [2.24, 2.45) is 5.73 Å². The fourth-order valence-electron chi connectivity index (χ4n) is 2.59. The van der Waals surface area contributed by atoms with Crippen molar-refractivity contribution >= 4 is 5.97 Å². The molecule has 0 aromatic heterocycles. The molecule has 0 saturated carbocycles. The minimum atomic E-state index is -1.90. The average molecular weight is 355 g/mol. The van der Waals surface area contributed by atoms with E-state index in [9.17, 15) is 35.4 Å². The van der Waals surface area contributed by atoms with E-state index >= 15 is 0 Å². The van der Waals surface area contributed by atoms with Crippen LogP contribution in [0.15, 0.2) is 0 Å². The summed E-state index contributed by atoms with van der Waals surface area (Å²) in [5, 5.41) is 67.0. The summed E-state index contributed by atoms with van der Waals surface area (Å²) in [6.07, 6.45) is -15.1. The van der Waals surface area contributed by atoms with Crippen molar-refractivity contribution in [1.29, 1.82) is 0 Å². The molecule has 0 amide bonds. The molecule has 2 heterocycles. The number of aliphatic hydroxyl groups is 6. The average Bonchev–Trinajstić information content (AvgIpc) is 2.54. The molecule has 0 radical (unpaired) electrons. The summed E-state index contributed by atoms with van der Waals surface area (Å²) >= 11 is 0. The van der Waals surface area contributed by atoms with Gasteiger partial charge in [0.1, 0.15) is 36.6 Å². The molecule has 24 heavy (non-hydrogen) atoms. The van der Waals surface area contributed by atoms with Gasteiger partial charge in [-0.05, 0) is 0 Å². The Morgan fingerprint density at radius 1 is 1.00 bits per heavy atom. The molecule has 2 rings (SSSR count). The Morgan fingerprint density at radius 3 is 2.17 bits per heavy atom. The summed E-state index contributed by atoms with van der Waals surface area (Å²) in [6, 6.07) is -1.30. The molecule has 12 heteroatoms. The lowest BCUT2D eigenvalue weighted by molar-refractivity contribution is -0.339. The smallest absolute Gasteiger partial charge is 0.335 e. The fraction of sp³-hybridized carbons (Fsp3) is 0.917. The van der Waals surface area contributed by atoms with E-state index in [4.69, 9.17) is 25.1 Å². The van der Waals surface area contributed by atoms with E-state index in [-0.39, 0.29) is 0 Å². The lowest BCUT2D eigenvalue weighted by atomic mass is 9.96. The number of ether oxygens (including phenoxy) is 3. The quantitative estimate of drug-likeness (QED) is 0.237. The van der Waals surface area contributed by atoms with Gasteiger partial charge in [0.2, 0.25) is 0 Å². The molecule has 10 atom stereocenters. The van der Waals surface area contributed by atoms with Gasteiger partial charge in [0.05, 0.1) is 12.6 Å². The third kappa shape index (κ3) is 3.52. The fourth-order valence-corrected chi connectivity index (χ4v) is 2.59. The molecule has 2 aliphatic rings. The highest BCUT2D eigenvalue weighted by molar-refractivity contribution is 5.73. The highest BCUT2D eigenvalue weighted by Gasteiger charge is 2.51. The first-order chi connectivity index (χ1) is 11.2. The topological polar surface area (TPSA) is 212 Å². The van der Waals surface area contributed by atoms with Crippen LogP contribution in [0.3, 0.4) is 0 Å². The highest BCUT2D eigenvalue weighted by atomic mass is 16.7. The first-order valence-electron chi connectivity index (χ1n) is 7.15. The standard InChI is InChI=1S/C12H21NO11/c13-3-4(15)8(2(1-14)22-11(3)21)23-12-7(18)5(16)6(17)9(24-12)10(19)20/h2-9,11-12,14-18,21H,1,13H2,(H,19,20)/t2?,3?,4?,5?,6-,7-,8-,9?,11+,12-/m1/s1. The maximum absolute atomic E-state index is 11.0. The lowest BCUT2D eigenvalue weighted by Gasteiger charge is -2.45. The first-order valence-corrected chi connectivity index (χ1v) is 7.15. The Balaban J connectivity index is 2.16. The number of carbonyl (C=O) groups is 1. The molecular formula is C12H21NO11. The first kappa shape index (κ1) is 19.4. The van der Waals surface area contributed by atoms with Gasteiger partial charge in [0.25, 0.3) is 0 Å².